The molecule has 0 aliphatic carbocycles. The zero-order valence-corrected chi connectivity index (χ0v) is 20.9. The molecule has 168 valence electrons. The van der Waals surface area contributed by atoms with Crippen LogP contribution < -0.4 is 15.4 Å². The molecule has 7 heteroatoms. The molecular weight excluding hydrogens is 503 g/mol. The summed E-state index contributed by atoms with van der Waals surface area (Å²) in [5.74, 6) is 1.57. The molecule has 0 saturated carbocycles. The number of hydrogen-bond donors (Lipinski definition) is 2. The third-order valence-corrected chi connectivity index (χ3v) is 5.24. The zero-order valence-electron chi connectivity index (χ0n) is 18.6. The molecule has 2 aromatic rings. The van der Waals surface area contributed by atoms with E-state index in [2.05, 4.69) is 65.9 Å². The van der Waals surface area contributed by atoms with Crippen LogP contribution in [0.2, 0.25) is 0 Å². The molecule has 0 spiro atoms. The highest BCUT2D eigenvalue weighted by atomic mass is 127. The molecule has 2 aromatic carbocycles. The monoisotopic (exact) mass is 536 g/mol. The Morgan fingerprint density at radius 1 is 1.16 bits per heavy atom. The number of nitrogens with one attached hydrogen (secondary N) is 2. The van der Waals surface area contributed by atoms with E-state index in [9.17, 15) is 4.79 Å². The first-order chi connectivity index (χ1) is 14.6. The van der Waals surface area contributed by atoms with Crippen LogP contribution in [0.25, 0.3) is 0 Å². The van der Waals surface area contributed by atoms with Crippen LogP contribution in [-0.4, -0.2) is 43.5 Å². The molecule has 0 bridgehead atoms. The van der Waals surface area contributed by atoms with Crippen molar-refractivity contribution in [3.05, 3.63) is 64.7 Å². The smallest absolute Gasteiger partial charge is 0.242 e. The summed E-state index contributed by atoms with van der Waals surface area (Å²) in [4.78, 5) is 18.8. The predicted octanol–water partition coefficient (Wildman–Crippen LogP) is 3.65. The fourth-order valence-corrected chi connectivity index (χ4v) is 3.53. The van der Waals surface area contributed by atoms with Gasteiger partial charge in [-0.3, -0.25) is 9.79 Å². The molecule has 1 aliphatic heterocycles. The lowest BCUT2D eigenvalue weighted by molar-refractivity contribution is -0.130. The third-order valence-electron chi connectivity index (χ3n) is 5.24. The SMILES string of the molecule is CCCOc1cc(C)ccc1CNC(=NC)NCC(=O)N1CCc2ccccc2C1.I. The van der Waals surface area contributed by atoms with Crippen molar-refractivity contribution in [3.8, 4) is 5.75 Å². The van der Waals surface area contributed by atoms with Crippen LogP contribution >= 0.6 is 24.0 Å². The van der Waals surface area contributed by atoms with E-state index in [-0.39, 0.29) is 36.4 Å². The van der Waals surface area contributed by atoms with Gasteiger partial charge in [-0.15, -0.1) is 24.0 Å². The Labute approximate surface area is 202 Å². The standard InChI is InChI=1S/C24H32N4O2.HI/c1-4-13-30-22-14-18(2)9-10-20(22)15-26-24(25-3)27-16-23(29)28-12-11-19-7-5-6-8-21(19)17-28;/h5-10,14H,4,11-13,15-17H2,1-3H3,(H2,25,26,27);1H. The third kappa shape index (κ3) is 7.12. The lowest BCUT2D eigenvalue weighted by Gasteiger charge is -2.29. The molecule has 1 heterocycles. The van der Waals surface area contributed by atoms with Crippen LogP contribution in [0.5, 0.6) is 5.75 Å². The minimum absolute atomic E-state index is 0. The Hall–Kier alpha value is -2.29. The van der Waals surface area contributed by atoms with E-state index < -0.39 is 0 Å². The first kappa shape index (κ1) is 25.0. The Morgan fingerprint density at radius 2 is 1.94 bits per heavy atom. The molecule has 0 fully saturated rings. The van der Waals surface area contributed by atoms with Gasteiger partial charge in [-0.1, -0.05) is 43.3 Å². The van der Waals surface area contributed by atoms with Gasteiger partial charge in [0, 0.05) is 32.2 Å². The first-order valence-corrected chi connectivity index (χ1v) is 10.6. The number of fused-ring (bicyclic) bond motifs is 1. The molecule has 0 atom stereocenters. The van der Waals surface area contributed by atoms with E-state index >= 15 is 0 Å². The number of hydrogen-bond acceptors (Lipinski definition) is 3. The molecule has 6 nitrogen and oxygen atoms in total. The van der Waals surface area contributed by atoms with Crippen molar-refractivity contribution >= 4 is 35.8 Å². The van der Waals surface area contributed by atoms with Crippen LogP contribution in [0.4, 0.5) is 0 Å². The Bertz CT molecular complexity index is 901. The Morgan fingerprint density at radius 3 is 2.68 bits per heavy atom. The fourth-order valence-electron chi connectivity index (χ4n) is 3.53. The zero-order chi connectivity index (χ0) is 21.3. The molecule has 0 unspecified atom stereocenters. The summed E-state index contributed by atoms with van der Waals surface area (Å²) in [6.45, 7) is 7.06. The normalized spacial score (nSPS) is 13.1. The Balaban J connectivity index is 0.00000341. The second-order valence-corrected chi connectivity index (χ2v) is 7.57. The number of ether oxygens (including phenoxy) is 1. The summed E-state index contributed by atoms with van der Waals surface area (Å²) < 4.78 is 5.88. The first-order valence-electron chi connectivity index (χ1n) is 10.6. The number of benzene rings is 2. The molecule has 1 amide bonds. The number of aryl methyl sites for hydroxylation is 1. The van der Waals surface area contributed by atoms with Crippen molar-refractivity contribution in [1.82, 2.24) is 15.5 Å². The number of rotatable bonds is 7. The fraction of sp³-hybridized carbons (Fsp3) is 0.417. The van der Waals surface area contributed by atoms with E-state index in [4.69, 9.17) is 4.74 Å². The van der Waals surface area contributed by atoms with Gasteiger partial charge in [-0.05, 0) is 42.5 Å². The van der Waals surface area contributed by atoms with Crippen molar-refractivity contribution in [3.63, 3.8) is 0 Å². The van der Waals surface area contributed by atoms with E-state index in [0.29, 0.717) is 25.7 Å². The van der Waals surface area contributed by atoms with Crippen LogP contribution in [0.1, 0.15) is 35.6 Å². The molecule has 31 heavy (non-hydrogen) atoms. The van der Waals surface area contributed by atoms with Gasteiger partial charge in [0.05, 0.1) is 13.2 Å². The summed E-state index contributed by atoms with van der Waals surface area (Å²) >= 11 is 0. The average Bonchev–Trinajstić information content (AvgIpc) is 2.78. The number of aliphatic imine (C=N–C) groups is 1. The second kappa shape index (κ2) is 12.5. The van der Waals surface area contributed by atoms with E-state index in [1.807, 2.05) is 11.0 Å². The van der Waals surface area contributed by atoms with Gasteiger partial charge in [0.2, 0.25) is 5.91 Å². The van der Waals surface area contributed by atoms with E-state index in [1.54, 1.807) is 7.05 Å². The number of carbonyl (C=O) groups excluding carboxylic acids is 1. The number of halogens is 1. The van der Waals surface area contributed by atoms with Gasteiger partial charge in [-0.2, -0.15) is 0 Å². The highest BCUT2D eigenvalue weighted by molar-refractivity contribution is 14.0. The molecule has 0 radical (unpaired) electrons. The van der Waals surface area contributed by atoms with Crippen LogP contribution in [0, 0.1) is 6.92 Å². The van der Waals surface area contributed by atoms with Crippen molar-refractivity contribution in [2.24, 2.45) is 4.99 Å². The maximum atomic E-state index is 12.7. The molecule has 0 aromatic heterocycles. The number of nitrogens with zero attached hydrogens (tertiary/aromatic N) is 2. The molecule has 0 saturated heterocycles. The van der Waals surface area contributed by atoms with Gasteiger partial charge in [0.15, 0.2) is 5.96 Å². The van der Waals surface area contributed by atoms with Gasteiger partial charge >= 0.3 is 0 Å². The van der Waals surface area contributed by atoms with Gasteiger partial charge in [0.25, 0.3) is 0 Å². The summed E-state index contributed by atoms with van der Waals surface area (Å²) in [5, 5.41) is 6.43. The number of guanidine groups is 1. The largest absolute Gasteiger partial charge is 0.493 e. The minimum Gasteiger partial charge on any atom is -0.493 e. The summed E-state index contributed by atoms with van der Waals surface area (Å²) in [7, 11) is 1.71. The van der Waals surface area contributed by atoms with Gasteiger partial charge in [-0.25, -0.2) is 0 Å². The van der Waals surface area contributed by atoms with Crippen molar-refractivity contribution in [2.75, 3.05) is 26.7 Å². The highest BCUT2D eigenvalue weighted by Gasteiger charge is 2.20. The minimum atomic E-state index is 0. The molecule has 1 aliphatic rings. The molecular formula is C24H33IN4O2. The number of carbonyl (C=O) groups is 1. The lowest BCUT2D eigenvalue weighted by atomic mass is 10.00. The summed E-state index contributed by atoms with van der Waals surface area (Å²) in [6.07, 6.45) is 1.87. The number of amides is 1. The van der Waals surface area contributed by atoms with Crippen molar-refractivity contribution in [2.45, 2.75) is 39.8 Å². The maximum Gasteiger partial charge on any atom is 0.242 e. The van der Waals surface area contributed by atoms with Crippen LogP contribution in [-0.2, 0) is 24.3 Å². The maximum absolute atomic E-state index is 12.7. The van der Waals surface area contributed by atoms with E-state index in [0.717, 1.165) is 30.7 Å². The van der Waals surface area contributed by atoms with Gasteiger partial charge in [0.1, 0.15) is 5.75 Å². The second-order valence-electron chi connectivity index (χ2n) is 7.57. The highest BCUT2D eigenvalue weighted by Crippen LogP contribution is 2.21. The average molecular weight is 536 g/mol. The Kier molecular flexibility index (Phi) is 10.1. The van der Waals surface area contributed by atoms with Gasteiger partial charge < -0.3 is 20.3 Å². The summed E-state index contributed by atoms with van der Waals surface area (Å²) in [5.41, 5.74) is 4.81. The predicted molar refractivity (Wildman–Crippen MR) is 136 cm³/mol. The quantitative estimate of drug-likeness (QED) is 0.322. The van der Waals surface area contributed by atoms with E-state index in [1.165, 1.54) is 16.7 Å². The van der Waals surface area contributed by atoms with Crippen molar-refractivity contribution < 1.29 is 9.53 Å². The molecule has 3 rings (SSSR count). The topological polar surface area (TPSA) is 66.0 Å². The van der Waals surface area contributed by atoms with Crippen LogP contribution in [0.15, 0.2) is 47.5 Å². The molecule has 2 N–H and O–H groups in total. The van der Waals surface area contributed by atoms with Crippen molar-refractivity contribution in [1.29, 1.82) is 0 Å². The summed E-state index contributed by atoms with van der Waals surface area (Å²) in [6, 6.07) is 14.5. The van der Waals surface area contributed by atoms with Crippen LogP contribution in [0.3, 0.4) is 0 Å². The lowest BCUT2D eigenvalue weighted by Crippen LogP contribution is -2.45.